The van der Waals surface area contributed by atoms with Crippen molar-refractivity contribution in [3.63, 3.8) is 0 Å². The first-order valence-electron chi connectivity index (χ1n) is 5.86. The second kappa shape index (κ2) is 5.02. The van der Waals surface area contributed by atoms with Gasteiger partial charge in [0.2, 0.25) is 10.0 Å². The van der Waals surface area contributed by atoms with Crippen LogP contribution in [0.1, 0.15) is 24.0 Å². The standard InChI is InChI=1S/C13H17NO2S/c1-2-9-14-17(15,16)13-8-7-11-5-3-4-6-12(11)10-13/h2,7-8,10,14H,1,3-6,9H2. The highest BCUT2D eigenvalue weighted by molar-refractivity contribution is 7.89. The van der Waals surface area contributed by atoms with Gasteiger partial charge in [-0.1, -0.05) is 12.1 Å². The Hall–Kier alpha value is -1.13. The van der Waals surface area contributed by atoms with E-state index in [1.807, 2.05) is 6.07 Å². The second-order valence-corrected chi connectivity index (χ2v) is 6.05. The first kappa shape index (κ1) is 12.3. The van der Waals surface area contributed by atoms with Gasteiger partial charge in [-0.05, 0) is 48.9 Å². The molecule has 0 unspecified atom stereocenters. The van der Waals surface area contributed by atoms with E-state index in [1.165, 1.54) is 23.6 Å². The molecule has 0 bridgehead atoms. The quantitative estimate of drug-likeness (QED) is 0.832. The van der Waals surface area contributed by atoms with Gasteiger partial charge < -0.3 is 0 Å². The number of hydrogen-bond donors (Lipinski definition) is 1. The summed E-state index contributed by atoms with van der Waals surface area (Å²) in [6, 6.07) is 5.44. The van der Waals surface area contributed by atoms with Gasteiger partial charge in [0.05, 0.1) is 4.90 Å². The van der Waals surface area contributed by atoms with Crippen LogP contribution in [0, 0.1) is 0 Å². The van der Waals surface area contributed by atoms with Crippen LogP contribution in [-0.4, -0.2) is 15.0 Å². The Morgan fingerprint density at radius 1 is 1.24 bits per heavy atom. The van der Waals surface area contributed by atoms with E-state index in [4.69, 9.17) is 0 Å². The smallest absolute Gasteiger partial charge is 0.207 e. The van der Waals surface area contributed by atoms with Crippen molar-refractivity contribution < 1.29 is 8.42 Å². The van der Waals surface area contributed by atoms with E-state index >= 15 is 0 Å². The van der Waals surface area contributed by atoms with E-state index < -0.39 is 10.0 Å². The predicted octanol–water partition coefficient (Wildman–Crippen LogP) is 2.03. The molecule has 3 nitrogen and oxygen atoms in total. The number of hydrogen-bond acceptors (Lipinski definition) is 2. The molecule has 0 saturated carbocycles. The Kier molecular flexibility index (Phi) is 3.64. The second-order valence-electron chi connectivity index (χ2n) is 4.28. The van der Waals surface area contributed by atoms with Gasteiger partial charge in [0.1, 0.15) is 0 Å². The molecule has 0 fully saturated rings. The van der Waals surface area contributed by atoms with Crippen molar-refractivity contribution in [1.29, 1.82) is 0 Å². The molecule has 0 spiro atoms. The van der Waals surface area contributed by atoms with Gasteiger partial charge in [-0.2, -0.15) is 0 Å². The Morgan fingerprint density at radius 2 is 1.94 bits per heavy atom. The van der Waals surface area contributed by atoms with E-state index in [9.17, 15) is 8.42 Å². The van der Waals surface area contributed by atoms with Gasteiger partial charge in [-0.15, -0.1) is 6.58 Å². The third-order valence-electron chi connectivity index (χ3n) is 3.05. The van der Waals surface area contributed by atoms with Gasteiger partial charge in [-0.3, -0.25) is 0 Å². The molecule has 0 saturated heterocycles. The highest BCUT2D eigenvalue weighted by atomic mass is 32.2. The van der Waals surface area contributed by atoms with E-state index in [1.54, 1.807) is 12.1 Å². The Bertz CT molecular complexity index is 520. The van der Waals surface area contributed by atoms with Crippen molar-refractivity contribution >= 4 is 10.0 Å². The molecule has 1 aromatic carbocycles. The van der Waals surface area contributed by atoms with Crippen molar-refractivity contribution in [2.75, 3.05) is 6.54 Å². The SMILES string of the molecule is C=CCNS(=O)(=O)c1ccc2c(c1)CCCC2. The van der Waals surface area contributed by atoms with Crippen LogP contribution in [0.15, 0.2) is 35.7 Å². The monoisotopic (exact) mass is 251 g/mol. The summed E-state index contributed by atoms with van der Waals surface area (Å²) in [6.45, 7) is 3.76. The molecule has 17 heavy (non-hydrogen) atoms. The minimum atomic E-state index is -3.38. The van der Waals surface area contributed by atoms with Gasteiger partial charge in [0.25, 0.3) is 0 Å². The normalized spacial score (nSPS) is 15.3. The first-order chi connectivity index (χ1) is 8.13. The summed E-state index contributed by atoms with van der Waals surface area (Å²) in [6.07, 6.45) is 5.94. The molecule has 2 rings (SSSR count). The van der Waals surface area contributed by atoms with Crippen LogP contribution in [0.2, 0.25) is 0 Å². The summed E-state index contributed by atoms with van der Waals surface area (Å²) in [7, 11) is -3.38. The van der Waals surface area contributed by atoms with Gasteiger partial charge in [0.15, 0.2) is 0 Å². The van der Waals surface area contributed by atoms with Crippen LogP contribution >= 0.6 is 0 Å². The Balaban J connectivity index is 2.30. The fourth-order valence-corrected chi connectivity index (χ4v) is 3.18. The zero-order valence-corrected chi connectivity index (χ0v) is 10.6. The highest BCUT2D eigenvalue weighted by Crippen LogP contribution is 2.23. The molecule has 4 heteroatoms. The van der Waals surface area contributed by atoms with E-state index in [2.05, 4.69) is 11.3 Å². The Morgan fingerprint density at radius 3 is 2.65 bits per heavy atom. The van der Waals surface area contributed by atoms with Crippen LogP contribution in [0.5, 0.6) is 0 Å². The molecule has 92 valence electrons. The average molecular weight is 251 g/mol. The summed E-state index contributed by atoms with van der Waals surface area (Å²) in [5.74, 6) is 0. The summed E-state index contributed by atoms with van der Waals surface area (Å²) >= 11 is 0. The number of benzene rings is 1. The molecule has 0 heterocycles. The highest BCUT2D eigenvalue weighted by Gasteiger charge is 2.16. The largest absolute Gasteiger partial charge is 0.240 e. The van der Waals surface area contributed by atoms with E-state index in [0.717, 1.165) is 19.3 Å². The molecule has 1 aliphatic rings. The van der Waals surface area contributed by atoms with Crippen LogP contribution in [-0.2, 0) is 22.9 Å². The molecule has 1 aliphatic carbocycles. The lowest BCUT2D eigenvalue weighted by Gasteiger charge is -2.16. The summed E-state index contributed by atoms with van der Waals surface area (Å²) < 4.78 is 26.3. The molecule has 0 atom stereocenters. The van der Waals surface area contributed by atoms with E-state index in [0.29, 0.717) is 4.90 Å². The number of nitrogens with one attached hydrogen (secondary N) is 1. The van der Waals surface area contributed by atoms with Crippen LogP contribution < -0.4 is 4.72 Å². The third kappa shape index (κ3) is 2.76. The van der Waals surface area contributed by atoms with Crippen molar-refractivity contribution in [1.82, 2.24) is 4.72 Å². The number of rotatable bonds is 4. The van der Waals surface area contributed by atoms with Crippen molar-refractivity contribution in [3.8, 4) is 0 Å². The molecule has 0 aromatic heterocycles. The maximum absolute atomic E-state index is 11.9. The maximum Gasteiger partial charge on any atom is 0.240 e. The molecule has 1 N–H and O–H groups in total. The lowest BCUT2D eigenvalue weighted by Crippen LogP contribution is -2.24. The minimum absolute atomic E-state index is 0.263. The molecular formula is C13H17NO2S. The fraction of sp³-hybridized carbons (Fsp3) is 0.385. The predicted molar refractivity (Wildman–Crippen MR) is 68.5 cm³/mol. The van der Waals surface area contributed by atoms with Gasteiger partial charge in [-0.25, -0.2) is 13.1 Å². The first-order valence-corrected chi connectivity index (χ1v) is 7.34. The topological polar surface area (TPSA) is 46.2 Å². The molecule has 0 radical (unpaired) electrons. The summed E-state index contributed by atoms with van der Waals surface area (Å²) in [4.78, 5) is 0.361. The van der Waals surface area contributed by atoms with E-state index in [-0.39, 0.29) is 6.54 Å². The third-order valence-corrected chi connectivity index (χ3v) is 4.47. The zero-order valence-electron chi connectivity index (χ0n) is 9.78. The molecule has 0 amide bonds. The van der Waals surface area contributed by atoms with Crippen LogP contribution in [0.3, 0.4) is 0 Å². The Labute approximate surface area is 103 Å². The molecular weight excluding hydrogens is 234 g/mol. The summed E-state index contributed by atoms with van der Waals surface area (Å²) in [5.41, 5.74) is 2.47. The lowest BCUT2D eigenvalue weighted by molar-refractivity contribution is 0.585. The molecule has 0 aliphatic heterocycles. The van der Waals surface area contributed by atoms with Crippen molar-refractivity contribution in [2.45, 2.75) is 30.6 Å². The van der Waals surface area contributed by atoms with Gasteiger partial charge in [0, 0.05) is 6.54 Å². The fourth-order valence-electron chi connectivity index (χ4n) is 2.13. The van der Waals surface area contributed by atoms with Gasteiger partial charge >= 0.3 is 0 Å². The van der Waals surface area contributed by atoms with Crippen LogP contribution in [0.4, 0.5) is 0 Å². The van der Waals surface area contributed by atoms with Crippen molar-refractivity contribution in [3.05, 3.63) is 42.0 Å². The van der Waals surface area contributed by atoms with Crippen molar-refractivity contribution in [2.24, 2.45) is 0 Å². The minimum Gasteiger partial charge on any atom is -0.207 e. The molecule has 1 aromatic rings. The zero-order chi connectivity index (χ0) is 12.3. The number of sulfonamides is 1. The maximum atomic E-state index is 11.9. The lowest BCUT2D eigenvalue weighted by atomic mass is 9.92. The number of fused-ring (bicyclic) bond motifs is 1. The summed E-state index contributed by atoms with van der Waals surface area (Å²) in [5, 5.41) is 0. The average Bonchev–Trinajstić information content (AvgIpc) is 2.36. The van der Waals surface area contributed by atoms with Crippen LogP contribution in [0.25, 0.3) is 0 Å². The number of aryl methyl sites for hydroxylation is 2.